The first-order valence-corrected chi connectivity index (χ1v) is 5.76. The van der Waals surface area contributed by atoms with E-state index < -0.39 is 29.2 Å². The molecule has 0 aliphatic rings. The van der Waals surface area contributed by atoms with Gasteiger partial charge in [-0.25, -0.2) is 4.39 Å². The first-order valence-electron chi connectivity index (χ1n) is 5.76. The lowest BCUT2D eigenvalue weighted by atomic mass is 9.97. The Hall–Kier alpha value is -1.95. The zero-order valence-corrected chi connectivity index (χ0v) is 10.4. The molecule has 1 unspecified atom stereocenters. The van der Waals surface area contributed by atoms with Crippen LogP contribution in [0.2, 0.25) is 0 Å². The number of rotatable bonds is 2. The SMILES string of the molecule is Cc1ccncc1C(O)c1cccc(C(F)(F)F)c1F. The topological polar surface area (TPSA) is 33.1 Å². The van der Waals surface area contributed by atoms with Crippen LogP contribution in [0.25, 0.3) is 0 Å². The van der Waals surface area contributed by atoms with E-state index in [2.05, 4.69) is 4.98 Å². The normalized spacial score (nSPS) is 13.3. The predicted molar refractivity (Wildman–Crippen MR) is 64.4 cm³/mol. The maximum Gasteiger partial charge on any atom is 0.419 e. The third kappa shape index (κ3) is 2.65. The minimum Gasteiger partial charge on any atom is -0.383 e. The summed E-state index contributed by atoms with van der Waals surface area (Å²) in [5, 5.41) is 10.1. The van der Waals surface area contributed by atoms with Crippen LogP contribution in [-0.2, 0) is 6.18 Å². The largest absolute Gasteiger partial charge is 0.419 e. The maximum absolute atomic E-state index is 13.9. The van der Waals surface area contributed by atoms with Gasteiger partial charge in [0.05, 0.1) is 5.56 Å². The Labute approximate surface area is 112 Å². The van der Waals surface area contributed by atoms with E-state index in [0.29, 0.717) is 11.6 Å². The van der Waals surface area contributed by atoms with Crippen molar-refractivity contribution in [3.63, 3.8) is 0 Å². The summed E-state index contributed by atoms with van der Waals surface area (Å²) in [7, 11) is 0. The van der Waals surface area contributed by atoms with Gasteiger partial charge in [0.25, 0.3) is 0 Å². The molecular formula is C14H11F4NO. The highest BCUT2D eigenvalue weighted by Gasteiger charge is 2.35. The Kier molecular flexibility index (Phi) is 3.76. The number of alkyl halides is 3. The van der Waals surface area contributed by atoms with Gasteiger partial charge in [-0.05, 0) is 24.6 Å². The Morgan fingerprint density at radius 3 is 2.45 bits per heavy atom. The summed E-state index contributed by atoms with van der Waals surface area (Å²) in [5.74, 6) is -1.46. The van der Waals surface area contributed by atoms with Gasteiger partial charge < -0.3 is 5.11 Å². The summed E-state index contributed by atoms with van der Waals surface area (Å²) in [6, 6.07) is 4.42. The molecule has 106 valence electrons. The molecule has 0 spiro atoms. The van der Waals surface area contributed by atoms with E-state index in [0.717, 1.165) is 12.1 Å². The fourth-order valence-electron chi connectivity index (χ4n) is 1.91. The van der Waals surface area contributed by atoms with E-state index in [1.807, 2.05) is 0 Å². The Bertz CT molecular complexity index is 625. The van der Waals surface area contributed by atoms with Crippen LogP contribution in [0, 0.1) is 12.7 Å². The molecule has 6 heteroatoms. The van der Waals surface area contributed by atoms with Crippen LogP contribution in [0.3, 0.4) is 0 Å². The first-order chi connectivity index (χ1) is 9.32. The fraction of sp³-hybridized carbons (Fsp3) is 0.214. The number of hydrogen-bond acceptors (Lipinski definition) is 2. The molecule has 0 aliphatic heterocycles. The Morgan fingerprint density at radius 2 is 1.85 bits per heavy atom. The van der Waals surface area contributed by atoms with Crippen molar-refractivity contribution in [3.8, 4) is 0 Å². The Morgan fingerprint density at radius 1 is 1.15 bits per heavy atom. The standard InChI is InChI=1S/C14H11F4NO/c1-8-5-6-19-7-10(8)13(20)9-3-2-4-11(12(9)15)14(16,17)18/h2-7,13,20H,1H3. The third-order valence-corrected chi connectivity index (χ3v) is 3.00. The second-order valence-corrected chi connectivity index (χ2v) is 4.34. The minimum atomic E-state index is -4.80. The van der Waals surface area contributed by atoms with Gasteiger partial charge in [-0.2, -0.15) is 13.2 Å². The molecule has 0 fully saturated rings. The Balaban J connectivity index is 2.52. The van der Waals surface area contributed by atoms with Gasteiger partial charge in [0.1, 0.15) is 11.9 Å². The second kappa shape index (κ2) is 5.20. The van der Waals surface area contributed by atoms with Crippen molar-refractivity contribution in [1.29, 1.82) is 0 Å². The highest BCUT2D eigenvalue weighted by atomic mass is 19.4. The summed E-state index contributed by atoms with van der Waals surface area (Å²) in [5.41, 5.74) is -0.929. The van der Waals surface area contributed by atoms with E-state index in [-0.39, 0.29) is 5.56 Å². The van der Waals surface area contributed by atoms with Crippen molar-refractivity contribution in [3.05, 3.63) is 64.7 Å². The lowest BCUT2D eigenvalue weighted by Crippen LogP contribution is -2.12. The van der Waals surface area contributed by atoms with E-state index in [1.165, 1.54) is 12.4 Å². The molecule has 0 radical (unpaired) electrons. The quantitative estimate of drug-likeness (QED) is 0.855. The summed E-state index contributed by atoms with van der Waals surface area (Å²) < 4.78 is 51.9. The molecule has 2 rings (SSSR count). The number of pyridine rings is 1. The van der Waals surface area contributed by atoms with Crippen molar-refractivity contribution >= 4 is 0 Å². The number of hydrogen-bond donors (Lipinski definition) is 1. The van der Waals surface area contributed by atoms with E-state index in [9.17, 15) is 22.7 Å². The van der Waals surface area contributed by atoms with Crippen LogP contribution in [0.5, 0.6) is 0 Å². The molecule has 2 aromatic rings. The lowest BCUT2D eigenvalue weighted by molar-refractivity contribution is -0.140. The van der Waals surface area contributed by atoms with Gasteiger partial charge in [0.2, 0.25) is 0 Å². The predicted octanol–water partition coefficient (Wildman–Crippen LogP) is 3.63. The zero-order chi connectivity index (χ0) is 14.9. The van der Waals surface area contributed by atoms with Gasteiger partial charge in [0, 0.05) is 23.5 Å². The average Bonchev–Trinajstić information content (AvgIpc) is 2.37. The molecule has 1 N–H and O–H groups in total. The molecule has 0 saturated carbocycles. The number of aliphatic hydroxyl groups excluding tert-OH is 1. The second-order valence-electron chi connectivity index (χ2n) is 4.34. The highest BCUT2D eigenvalue weighted by Crippen LogP contribution is 2.35. The summed E-state index contributed by atoms with van der Waals surface area (Å²) >= 11 is 0. The molecule has 1 atom stereocenters. The number of benzene rings is 1. The number of aromatic nitrogens is 1. The molecule has 0 aliphatic carbocycles. The van der Waals surface area contributed by atoms with Crippen molar-refractivity contribution in [2.45, 2.75) is 19.2 Å². The monoisotopic (exact) mass is 285 g/mol. The van der Waals surface area contributed by atoms with Crippen molar-refractivity contribution in [2.75, 3.05) is 0 Å². The van der Waals surface area contributed by atoms with Crippen LogP contribution in [-0.4, -0.2) is 10.1 Å². The molecule has 2 nitrogen and oxygen atoms in total. The first kappa shape index (κ1) is 14.5. The molecular weight excluding hydrogens is 274 g/mol. The van der Waals surface area contributed by atoms with Crippen LogP contribution >= 0.6 is 0 Å². The summed E-state index contributed by atoms with van der Waals surface area (Å²) in [6.07, 6.45) is -3.51. The van der Waals surface area contributed by atoms with Gasteiger partial charge >= 0.3 is 6.18 Å². The molecule has 20 heavy (non-hydrogen) atoms. The van der Waals surface area contributed by atoms with E-state index in [1.54, 1.807) is 13.0 Å². The van der Waals surface area contributed by atoms with Gasteiger partial charge in [0.15, 0.2) is 0 Å². The highest BCUT2D eigenvalue weighted by molar-refractivity contribution is 5.37. The van der Waals surface area contributed by atoms with Crippen LogP contribution in [0.1, 0.15) is 28.4 Å². The smallest absolute Gasteiger partial charge is 0.383 e. The molecule has 0 amide bonds. The molecule has 1 aromatic carbocycles. The van der Waals surface area contributed by atoms with Crippen molar-refractivity contribution < 1.29 is 22.7 Å². The van der Waals surface area contributed by atoms with Gasteiger partial charge in [-0.15, -0.1) is 0 Å². The van der Waals surface area contributed by atoms with Crippen LogP contribution in [0.15, 0.2) is 36.7 Å². The minimum absolute atomic E-state index is 0.269. The summed E-state index contributed by atoms with van der Waals surface area (Å²) in [6.45, 7) is 1.66. The number of aryl methyl sites for hydroxylation is 1. The maximum atomic E-state index is 13.9. The van der Waals surface area contributed by atoms with Crippen LogP contribution in [0.4, 0.5) is 17.6 Å². The molecule has 1 aromatic heterocycles. The number of nitrogens with zero attached hydrogens (tertiary/aromatic N) is 1. The van der Waals surface area contributed by atoms with E-state index in [4.69, 9.17) is 0 Å². The van der Waals surface area contributed by atoms with E-state index >= 15 is 0 Å². The van der Waals surface area contributed by atoms with Gasteiger partial charge in [-0.1, -0.05) is 12.1 Å². The van der Waals surface area contributed by atoms with Crippen molar-refractivity contribution in [1.82, 2.24) is 4.98 Å². The molecule has 0 saturated heterocycles. The van der Waals surface area contributed by atoms with Crippen LogP contribution < -0.4 is 0 Å². The van der Waals surface area contributed by atoms with Gasteiger partial charge in [-0.3, -0.25) is 4.98 Å². The fourth-order valence-corrected chi connectivity index (χ4v) is 1.91. The third-order valence-electron chi connectivity index (χ3n) is 3.00. The average molecular weight is 285 g/mol. The zero-order valence-electron chi connectivity index (χ0n) is 10.4. The number of halogens is 4. The van der Waals surface area contributed by atoms with Crippen molar-refractivity contribution in [2.24, 2.45) is 0 Å². The summed E-state index contributed by atoms with van der Waals surface area (Å²) in [4.78, 5) is 3.79. The lowest BCUT2D eigenvalue weighted by Gasteiger charge is -2.17. The number of aliphatic hydroxyl groups is 1. The molecule has 1 heterocycles. The molecule has 0 bridgehead atoms.